The number of ether oxygens (including phenoxy) is 2. The average Bonchev–Trinajstić information content (AvgIpc) is 2.09. The fourth-order valence-electron chi connectivity index (χ4n) is 0.559. The Balaban J connectivity index is 0. The molecule has 0 unspecified atom stereocenters. The number of hydrogen-bond donors (Lipinski definition) is 3. The van der Waals surface area contributed by atoms with Gasteiger partial charge < -0.3 is 9.47 Å². The highest BCUT2D eigenvalue weighted by Gasteiger charge is 2.16. The van der Waals surface area contributed by atoms with E-state index in [2.05, 4.69) is 10.3 Å². The molecule has 106 valence electrons. The van der Waals surface area contributed by atoms with Crippen LogP contribution in [0.3, 0.4) is 0 Å². The Morgan fingerprint density at radius 1 is 1.06 bits per heavy atom. The van der Waals surface area contributed by atoms with Crippen molar-refractivity contribution in [1.29, 1.82) is 0 Å². The molecule has 0 fully saturated rings. The molecular weight excluding hydrogens is 276 g/mol. The third-order valence-corrected chi connectivity index (χ3v) is 2.38. The highest BCUT2D eigenvalue weighted by Crippen LogP contribution is 1.96. The van der Waals surface area contributed by atoms with Gasteiger partial charge in [-0.1, -0.05) is 0 Å². The summed E-state index contributed by atoms with van der Waals surface area (Å²) in [6.45, 7) is 0.0752. The van der Waals surface area contributed by atoms with Gasteiger partial charge in [0, 0.05) is 21.3 Å². The third kappa shape index (κ3) is 15.7. The molecular formula is C5H18N4O6S2. The maximum atomic E-state index is 10.7. The number of methoxy groups -OCH3 is 2. The van der Waals surface area contributed by atoms with Crippen LogP contribution in [0.25, 0.3) is 0 Å². The molecule has 0 aromatic heterocycles. The molecule has 0 saturated carbocycles. The molecule has 0 saturated heterocycles. The van der Waals surface area contributed by atoms with Crippen molar-refractivity contribution in [2.75, 3.05) is 27.8 Å². The number of rotatable bonds is 5. The smallest absolute Gasteiger partial charge is 0.276 e. The normalized spacial score (nSPS) is 12.5. The van der Waals surface area contributed by atoms with Gasteiger partial charge in [-0.2, -0.15) is 21.1 Å². The van der Waals surface area contributed by atoms with E-state index in [1.807, 2.05) is 0 Å². The minimum absolute atomic E-state index is 0.0752. The summed E-state index contributed by atoms with van der Waals surface area (Å²) < 4.78 is 50.3. The first-order chi connectivity index (χ1) is 7.41. The molecule has 0 aliphatic carbocycles. The summed E-state index contributed by atoms with van der Waals surface area (Å²) in [4.78, 5) is 0. The molecule has 0 heterocycles. The molecule has 0 aliphatic heterocycles. The minimum atomic E-state index is -3.67. The highest BCUT2D eigenvalue weighted by atomic mass is 32.2. The van der Waals surface area contributed by atoms with Crippen LogP contribution in [0.5, 0.6) is 0 Å². The van der Waals surface area contributed by atoms with Crippen LogP contribution in [0.4, 0.5) is 0 Å². The van der Waals surface area contributed by atoms with Gasteiger partial charge >= 0.3 is 0 Å². The first-order valence-electron chi connectivity index (χ1n) is 4.02. The van der Waals surface area contributed by atoms with E-state index in [4.69, 9.17) is 14.6 Å². The Hall–Kier alpha value is -0.340. The van der Waals surface area contributed by atoms with Crippen molar-refractivity contribution in [2.24, 2.45) is 15.4 Å². The van der Waals surface area contributed by atoms with Crippen LogP contribution < -0.4 is 15.4 Å². The summed E-state index contributed by atoms with van der Waals surface area (Å²) in [7, 11) is -3.12. The van der Waals surface area contributed by atoms with Crippen molar-refractivity contribution in [3.63, 3.8) is 0 Å². The molecule has 0 aliphatic rings. The van der Waals surface area contributed by atoms with Crippen LogP contribution in [-0.2, 0) is 29.9 Å². The topological polar surface area (TPSA) is 168 Å². The van der Waals surface area contributed by atoms with E-state index in [1.165, 1.54) is 21.3 Å². The largest absolute Gasteiger partial charge is 0.354 e. The van der Waals surface area contributed by atoms with Gasteiger partial charge in [0.2, 0.25) is 0 Å². The zero-order chi connectivity index (χ0) is 14.3. The number of nitrogens with two attached hydrogens (primary N) is 3. The van der Waals surface area contributed by atoms with Crippen molar-refractivity contribution in [2.45, 2.75) is 6.29 Å². The lowest BCUT2D eigenvalue weighted by Crippen LogP contribution is -2.39. The fraction of sp³-hybridized carbons (Fsp3) is 1.00. The van der Waals surface area contributed by atoms with E-state index < -0.39 is 26.7 Å². The summed E-state index contributed by atoms with van der Waals surface area (Å²) in [6.07, 6.45) is -0.590. The van der Waals surface area contributed by atoms with E-state index >= 15 is 0 Å². The summed E-state index contributed by atoms with van der Waals surface area (Å²) in [6, 6.07) is 0. The quantitative estimate of drug-likeness (QED) is 0.453. The van der Waals surface area contributed by atoms with E-state index in [0.717, 1.165) is 4.31 Å². The molecule has 0 bridgehead atoms. The monoisotopic (exact) mass is 294 g/mol. The van der Waals surface area contributed by atoms with Crippen molar-refractivity contribution < 1.29 is 26.3 Å². The Bertz CT molecular complexity index is 381. The zero-order valence-electron chi connectivity index (χ0n) is 9.73. The second-order valence-electron chi connectivity index (χ2n) is 2.82. The average molecular weight is 294 g/mol. The maximum Gasteiger partial charge on any atom is 0.276 e. The summed E-state index contributed by atoms with van der Waals surface area (Å²) >= 11 is 0. The van der Waals surface area contributed by atoms with E-state index in [-0.39, 0.29) is 6.54 Å². The Morgan fingerprint density at radius 2 is 1.35 bits per heavy atom. The molecule has 0 rings (SSSR count). The predicted octanol–water partition coefficient (Wildman–Crippen LogP) is -3.11. The van der Waals surface area contributed by atoms with Gasteiger partial charge in [0.25, 0.3) is 20.4 Å². The first-order valence-corrected chi connectivity index (χ1v) is 7.13. The second kappa shape index (κ2) is 7.88. The molecule has 10 nitrogen and oxygen atoms in total. The van der Waals surface area contributed by atoms with Gasteiger partial charge in [-0.15, -0.1) is 0 Å². The van der Waals surface area contributed by atoms with Gasteiger partial charge in [-0.3, -0.25) is 0 Å². The van der Waals surface area contributed by atoms with Gasteiger partial charge in [0.05, 0.1) is 6.54 Å². The first kappa shape index (κ1) is 19.0. The molecule has 0 radical (unpaired) electrons. The SMILES string of the molecule is COC(CN(C)S(N)(=O)=O)OC.NS(N)(=O)=O. The lowest BCUT2D eigenvalue weighted by Gasteiger charge is -2.19. The fourth-order valence-corrected chi connectivity index (χ4v) is 0.889. The van der Waals surface area contributed by atoms with Gasteiger partial charge in [-0.25, -0.2) is 15.4 Å². The molecule has 0 aromatic rings. The van der Waals surface area contributed by atoms with Crippen molar-refractivity contribution in [3.8, 4) is 0 Å². The Morgan fingerprint density at radius 3 is 1.53 bits per heavy atom. The standard InChI is InChI=1S/C5H14N2O4S.H4N2O2S/c1-7(12(6,8)9)4-5(10-2)11-3;1-5(2,3)4/h5H,4H2,1-3H3,(H2,6,8,9);(H4,1,2,3,4). The van der Waals surface area contributed by atoms with E-state index in [9.17, 15) is 16.8 Å². The lowest BCUT2D eigenvalue weighted by atomic mass is 10.6. The number of hydrogen-bond acceptors (Lipinski definition) is 6. The molecule has 0 spiro atoms. The third-order valence-electron chi connectivity index (χ3n) is 1.37. The Labute approximate surface area is 101 Å². The molecule has 0 amide bonds. The predicted molar refractivity (Wildman–Crippen MR) is 60.8 cm³/mol. The van der Waals surface area contributed by atoms with E-state index in [0.29, 0.717) is 0 Å². The van der Waals surface area contributed by atoms with E-state index in [1.54, 1.807) is 0 Å². The molecule has 12 heteroatoms. The lowest BCUT2D eigenvalue weighted by molar-refractivity contribution is -0.106. The Kier molecular flexibility index (Phi) is 8.82. The number of likely N-dealkylation sites (N-methyl/N-ethyl adjacent to an activating group) is 1. The molecule has 6 N–H and O–H groups in total. The summed E-state index contributed by atoms with van der Waals surface area (Å²) in [5.74, 6) is 0. The number of nitrogens with zero attached hydrogens (tertiary/aromatic N) is 1. The van der Waals surface area contributed by atoms with Crippen molar-refractivity contribution >= 4 is 20.4 Å². The summed E-state index contributed by atoms with van der Waals surface area (Å²) in [5, 5.41) is 13.0. The van der Waals surface area contributed by atoms with Crippen LogP contribution >= 0.6 is 0 Å². The van der Waals surface area contributed by atoms with Gasteiger partial charge in [0.1, 0.15) is 0 Å². The zero-order valence-corrected chi connectivity index (χ0v) is 11.4. The van der Waals surface area contributed by atoms with Crippen LogP contribution in [0.15, 0.2) is 0 Å². The molecule has 17 heavy (non-hydrogen) atoms. The van der Waals surface area contributed by atoms with Crippen molar-refractivity contribution in [3.05, 3.63) is 0 Å². The minimum Gasteiger partial charge on any atom is -0.354 e. The maximum absolute atomic E-state index is 10.7. The summed E-state index contributed by atoms with van der Waals surface area (Å²) in [5.41, 5.74) is 0. The van der Waals surface area contributed by atoms with Crippen LogP contribution in [-0.4, -0.2) is 55.2 Å². The van der Waals surface area contributed by atoms with Crippen LogP contribution in [0.1, 0.15) is 0 Å². The van der Waals surface area contributed by atoms with Gasteiger partial charge in [-0.05, 0) is 0 Å². The molecule has 0 atom stereocenters. The second-order valence-corrected chi connectivity index (χ2v) is 5.65. The van der Waals surface area contributed by atoms with Crippen LogP contribution in [0.2, 0.25) is 0 Å². The highest BCUT2D eigenvalue weighted by molar-refractivity contribution is 7.87. The van der Waals surface area contributed by atoms with Gasteiger partial charge in [0.15, 0.2) is 6.29 Å². The van der Waals surface area contributed by atoms with Crippen LogP contribution in [0, 0.1) is 0 Å². The van der Waals surface area contributed by atoms with Crippen molar-refractivity contribution in [1.82, 2.24) is 4.31 Å². The molecule has 0 aromatic carbocycles.